The summed E-state index contributed by atoms with van der Waals surface area (Å²) in [6.07, 6.45) is 0.941. The molecule has 0 aliphatic heterocycles. The quantitative estimate of drug-likeness (QED) is 0.684. The number of esters is 1. The van der Waals surface area contributed by atoms with Crippen LogP contribution in [0.15, 0.2) is 54.6 Å². The first-order valence-corrected chi connectivity index (χ1v) is 11.0. The lowest BCUT2D eigenvalue weighted by Gasteiger charge is -2.19. The molecule has 0 fully saturated rings. The lowest BCUT2D eigenvalue weighted by molar-refractivity contribution is -0.147. The fourth-order valence-electron chi connectivity index (χ4n) is 2.71. The van der Waals surface area contributed by atoms with Gasteiger partial charge in [0.05, 0.1) is 24.3 Å². The summed E-state index contributed by atoms with van der Waals surface area (Å²) in [7, 11) is -3.14. The topological polar surface area (TPSA) is 89.5 Å². The van der Waals surface area contributed by atoms with Gasteiger partial charge in [-0.15, -0.1) is 0 Å². The summed E-state index contributed by atoms with van der Waals surface area (Å²) < 4.78 is 28.0. The Kier molecular flexibility index (Phi) is 7.34. The van der Waals surface area contributed by atoms with Crippen LogP contribution in [0.5, 0.6) is 0 Å². The first-order chi connectivity index (χ1) is 13.1. The van der Waals surface area contributed by atoms with Crippen molar-refractivity contribution < 1.29 is 22.7 Å². The minimum absolute atomic E-state index is 0.0140. The van der Waals surface area contributed by atoms with E-state index in [-0.39, 0.29) is 24.2 Å². The average Bonchev–Trinajstić information content (AvgIpc) is 2.60. The average molecular weight is 404 g/mol. The maximum absolute atomic E-state index is 12.6. The molecule has 1 amide bonds. The van der Waals surface area contributed by atoms with Gasteiger partial charge < -0.3 is 10.1 Å². The van der Waals surface area contributed by atoms with Gasteiger partial charge >= 0.3 is 5.97 Å². The molecule has 0 bridgehead atoms. The maximum atomic E-state index is 12.6. The van der Waals surface area contributed by atoms with Crippen molar-refractivity contribution in [3.8, 4) is 0 Å². The number of carbonyl (C=O) groups excluding carboxylic acids is 2. The summed E-state index contributed by atoms with van der Waals surface area (Å²) in [6, 6.07) is 15.0. The first kappa shape index (κ1) is 21.6. The van der Waals surface area contributed by atoms with Gasteiger partial charge in [0.15, 0.2) is 9.84 Å². The largest absolute Gasteiger partial charge is 0.463 e. The van der Waals surface area contributed by atoms with E-state index in [1.807, 2.05) is 30.3 Å². The number of sulfone groups is 1. The fourth-order valence-corrected chi connectivity index (χ4v) is 3.51. The van der Waals surface area contributed by atoms with Crippen molar-refractivity contribution in [2.24, 2.45) is 0 Å². The van der Waals surface area contributed by atoms with Crippen LogP contribution in [0.4, 0.5) is 0 Å². The van der Waals surface area contributed by atoms with Gasteiger partial charge in [-0.05, 0) is 37.1 Å². The first-order valence-electron chi connectivity index (χ1n) is 8.96. The van der Waals surface area contributed by atoms with E-state index < -0.39 is 21.8 Å². The normalized spacial score (nSPS) is 12.4. The summed E-state index contributed by atoms with van der Waals surface area (Å²) in [5.41, 5.74) is 1.79. The van der Waals surface area contributed by atoms with Crippen molar-refractivity contribution in [3.05, 3.63) is 71.3 Å². The lowest BCUT2D eigenvalue weighted by Crippen LogP contribution is -2.31. The molecular formula is C21H25NO5S. The molecule has 0 aromatic heterocycles. The molecule has 1 N–H and O–H groups in total. The second-order valence-electron chi connectivity index (χ2n) is 6.95. The van der Waals surface area contributed by atoms with E-state index in [0.29, 0.717) is 11.1 Å². The third kappa shape index (κ3) is 7.15. The van der Waals surface area contributed by atoms with Gasteiger partial charge in [0.1, 0.15) is 0 Å². The van der Waals surface area contributed by atoms with Crippen LogP contribution in [0.1, 0.15) is 47.8 Å². The van der Waals surface area contributed by atoms with Crippen molar-refractivity contribution in [2.75, 3.05) is 6.26 Å². The Labute approximate surface area is 165 Å². The van der Waals surface area contributed by atoms with Crippen LogP contribution in [0, 0.1) is 0 Å². The second-order valence-corrected chi connectivity index (χ2v) is 9.09. The van der Waals surface area contributed by atoms with E-state index >= 15 is 0 Å². The van der Waals surface area contributed by atoms with Gasteiger partial charge in [-0.3, -0.25) is 9.59 Å². The van der Waals surface area contributed by atoms with Gasteiger partial charge in [-0.2, -0.15) is 0 Å². The summed E-state index contributed by atoms with van der Waals surface area (Å²) in [5.74, 6) is -0.826. The molecule has 2 aromatic carbocycles. The number of carbonyl (C=O) groups is 2. The van der Waals surface area contributed by atoms with Crippen molar-refractivity contribution >= 4 is 21.7 Å². The van der Waals surface area contributed by atoms with Crippen LogP contribution in [-0.2, 0) is 25.1 Å². The van der Waals surface area contributed by atoms with Crippen molar-refractivity contribution in [2.45, 2.75) is 38.2 Å². The zero-order chi connectivity index (χ0) is 20.7. The molecule has 0 aliphatic rings. The van der Waals surface area contributed by atoms with Crippen LogP contribution in [0.3, 0.4) is 0 Å². The fraction of sp³-hybridized carbons (Fsp3) is 0.333. The highest BCUT2D eigenvalue weighted by molar-refractivity contribution is 7.89. The summed E-state index contributed by atoms with van der Waals surface area (Å²) in [6.45, 7) is 3.54. The highest BCUT2D eigenvalue weighted by Gasteiger charge is 2.20. The Balaban J connectivity index is 2.14. The van der Waals surface area contributed by atoms with E-state index in [1.54, 1.807) is 38.1 Å². The Bertz CT molecular complexity index is 906. The Hall–Kier alpha value is -2.67. The number of ether oxygens (including phenoxy) is 1. The number of amides is 1. The predicted octanol–water partition coefficient (Wildman–Crippen LogP) is 3.04. The molecule has 2 aromatic rings. The van der Waals surface area contributed by atoms with Crippen LogP contribution < -0.4 is 5.32 Å². The number of benzene rings is 2. The van der Waals surface area contributed by atoms with Crippen LogP contribution in [-0.4, -0.2) is 32.7 Å². The summed E-state index contributed by atoms with van der Waals surface area (Å²) >= 11 is 0. The van der Waals surface area contributed by atoms with Gasteiger partial charge in [-0.25, -0.2) is 8.42 Å². The molecule has 1 unspecified atom stereocenters. The maximum Gasteiger partial charge on any atom is 0.308 e. The van der Waals surface area contributed by atoms with E-state index in [1.165, 1.54) is 0 Å². The number of rotatable bonds is 8. The number of hydrogen-bond donors (Lipinski definition) is 1. The molecule has 150 valence electrons. The molecule has 0 aliphatic carbocycles. The minimum atomic E-state index is -3.14. The highest BCUT2D eigenvalue weighted by atomic mass is 32.2. The SMILES string of the molecule is CC(C)OC(=O)CC(NC(=O)c1ccc(CS(C)(=O)=O)cc1)c1ccccc1. The van der Waals surface area contributed by atoms with Gasteiger partial charge in [0.2, 0.25) is 0 Å². The molecule has 2 rings (SSSR count). The molecule has 1 atom stereocenters. The van der Waals surface area contributed by atoms with Gasteiger partial charge in [0, 0.05) is 11.8 Å². The Morgan fingerprint density at radius 1 is 1.00 bits per heavy atom. The van der Waals surface area contributed by atoms with Crippen molar-refractivity contribution in [3.63, 3.8) is 0 Å². The lowest BCUT2D eigenvalue weighted by atomic mass is 10.0. The molecular weight excluding hydrogens is 378 g/mol. The molecule has 6 nitrogen and oxygen atoms in total. The van der Waals surface area contributed by atoms with Crippen LogP contribution in [0.25, 0.3) is 0 Å². The van der Waals surface area contributed by atoms with Crippen LogP contribution >= 0.6 is 0 Å². The number of hydrogen-bond acceptors (Lipinski definition) is 5. The number of nitrogens with one attached hydrogen (secondary N) is 1. The zero-order valence-corrected chi connectivity index (χ0v) is 17.0. The molecule has 7 heteroatoms. The standard InChI is InChI=1S/C21H25NO5S/c1-15(2)27-20(23)13-19(17-7-5-4-6-8-17)22-21(24)18-11-9-16(10-12-18)14-28(3,25)26/h4-12,15,19H,13-14H2,1-3H3,(H,22,24). The van der Waals surface area contributed by atoms with Crippen molar-refractivity contribution in [1.29, 1.82) is 0 Å². The van der Waals surface area contributed by atoms with E-state index in [9.17, 15) is 18.0 Å². The van der Waals surface area contributed by atoms with E-state index in [0.717, 1.165) is 11.8 Å². The minimum Gasteiger partial charge on any atom is -0.463 e. The Morgan fingerprint density at radius 3 is 2.14 bits per heavy atom. The van der Waals surface area contributed by atoms with Crippen LogP contribution in [0.2, 0.25) is 0 Å². The highest BCUT2D eigenvalue weighted by Crippen LogP contribution is 2.19. The Morgan fingerprint density at radius 2 is 1.61 bits per heavy atom. The summed E-state index contributed by atoms with van der Waals surface area (Å²) in [4.78, 5) is 24.7. The molecule has 28 heavy (non-hydrogen) atoms. The van der Waals surface area contributed by atoms with Gasteiger partial charge in [0.25, 0.3) is 5.91 Å². The zero-order valence-electron chi connectivity index (χ0n) is 16.2. The molecule has 0 saturated heterocycles. The molecule has 0 heterocycles. The third-order valence-corrected chi connectivity index (χ3v) is 4.75. The van der Waals surface area contributed by atoms with Gasteiger partial charge in [-0.1, -0.05) is 42.5 Å². The third-order valence-electron chi connectivity index (χ3n) is 3.89. The van der Waals surface area contributed by atoms with E-state index in [2.05, 4.69) is 5.32 Å². The predicted molar refractivity (Wildman–Crippen MR) is 107 cm³/mol. The molecule has 0 saturated carbocycles. The smallest absolute Gasteiger partial charge is 0.308 e. The summed E-state index contributed by atoms with van der Waals surface area (Å²) in [5, 5.41) is 2.86. The second kappa shape index (κ2) is 9.50. The molecule has 0 spiro atoms. The van der Waals surface area contributed by atoms with Crippen molar-refractivity contribution in [1.82, 2.24) is 5.32 Å². The molecule has 0 radical (unpaired) electrons. The monoisotopic (exact) mass is 403 g/mol. The van der Waals surface area contributed by atoms with E-state index in [4.69, 9.17) is 4.74 Å².